The van der Waals surface area contributed by atoms with E-state index in [1.54, 1.807) is 10.8 Å². The van der Waals surface area contributed by atoms with Crippen molar-refractivity contribution >= 4 is 16.7 Å². The quantitative estimate of drug-likeness (QED) is 0.689. The molecule has 0 atom stereocenters. The van der Waals surface area contributed by atoms with E-state index in [9.17, 15) is 9.59 Å². The fraction of sp³-hybridized carbons (Fsp3) is 0.143. The molecule has 2 aromatic heterocycles. The molecule has 3 aromatic rings. The van der Waals surface area contributed by atoms with Crippen molar-refractivity contribution in [2.75, 3.05) is 0 Å². The third kappa shape index (κ3) is 1.62. The molecule has 0 aliphatic carbocycles. The van der Waals surface area contributed by atoms with Gasteiger partial charge in [0.15, 0.2) is 5.78 Å². The predicted molar refractivity (Wildman–Crippen MR) is 73.0 cm³/mol. The fourth-order valence-corrected chi connectivity index (χ4v) is 2.37. The summed E-state index contributed by atoms with van der Waals surface area (Å²) in [5.74, 6) is -0.0143. The van der Waals surface area contributed by atoms with Crippen LogP contribution in [0, 0.1) is 6.92 Å². The largest absolute Gasteiger partial charge is 0.309 e. The monoisotopic (exact) mass is 255 g/mol. The van der Waals surface area contributed by atoms with Crippen LogP contribution >= 0.6 is 0 Å². The van der Waals surface area contributed by atoms with Gasteiger partial charge in [-0.05, 0) is 19.9 Å². The van der Waals surface area contributed by atoms with Crippen LogP contribution in [-0.2, 0) is 0 Å². The van der Waals surface area contributed by atoms with E-state index < -0.39 is 0 Å². The minimum absolute atomic E-state index is 0.0143. The van der Waals surface area contributed by atoms with Gasteiger partial charge in [-0.3, -0.25) is 14.7 Å². The Morgan fingerprint density at radius 1 is 1.21 bits per heavy atom. The molecule has 0 saturated heterocycles. The van der Waals surface area contributed by atoms with E-state index in [-0.39, 0.29) is 11.3 Å². The van der Waals surface area contributed by atoms with Gasteiger partial charge in [0.05, 0.1) is 11.2 Å². The van der Waals surface area contributed by atoms with Crippen molar-refractivity contribution in [2.45, 2.75) is 13.8 Å². The second-order valence-corrected chi connectivity index (χ2v) is 4.54. The summed E-state index contributed by atoms with van der Waals surface area (Å²) >= 11 is 0. The Balaban J connectivity index is 2.43. The van der Waals surface area contributed by atoms with E-state index in [1.807, 2.05) is 31.2 Å². The normalized spacial score (nSPS) is 11.1. The smallest absolute Gasteiger partial charge is 0.288 e. The van der Waals surface area contributed by atoms with Crippen molar-refractivity contribution in [3.8, 4) is 5.69 Å². The van der Waals surface area contributed by atoms with E-state index in [1.165, 1.54) is 6.92 Å². The van der Waals surface area contributed by atoms with Crippen molar-refractivity contribution in [1.82, 2.24) is 14.8 Å². The van der Waals surface area contributed by atoms with Crippen molar-refractivity contribution < 1.29 is 4.79 Å². The Labute approximate surface area is 108 Å². The van der Waals surface area contributed by atoms with E-state index in [0.29, 0.717) is 11.3 Å². The third-order valence-corrected chi connectivity index (χ3v) is 3.27. The standard InChI is InChI=1S/C14H13N3O2/c1-8-13(14(19)16-15-8)17-7-11(9(2)18)10-5-3-4-6-12(10)17/h3-7H,1-2H3,(H2,15,16,19). The molecule has 19 heavy (non-hydrogen) atoms. The van der Waals surface area contributed by atoms with Gasteiger partial charge in [0, 0.05) is 17.1 Å². The number of nitrogens with zero attached hydrogens (tertiary/aromatic N) is 1. The third-order valence-electron chi connectivity index (χ3n) is 3.27. The van der Waals surface area contributed by atoms with Crippen molar-refractivity contribution in [3.63, 3.8) is 0 Å². The highest BCUT2D eigenvalue weighted by molar-refractivity contribution is 6.07. The summed E-state index contributed by atoms with van der Waals surface area (Å²) in [6.45, 7) is 3.34. The van der Waals surface area contributed by atoms with Gasteiger partial charge in [0.25, 0.3) is 5.56 Å². The predicted octanol–water partition coefficient (Wildman–Crippen LogP) is 2.16. The number of H-pyrrole nitrogens is 2. The highest BCUT2D eigenvalue weighted by Crippen LogP contribution is 2.24. The number of nitrogens with one attached hydrogen (secondary N) is 2. The number of fused-ring (bicyclic) bond motifs is 1. The van der Waals surface area contributed by atoms with Gasteiger partial charge in [0.1, 0.15) is 5.69 Å². The summed E-state index contributed by atoms with van der Waals surface area (Å²) in [5, 5.41) is 6.20. The summed E-state index contributed by atoms with van der Waals surface area (Å²) in [6, 6.07) is 7.55. The van der Waals surface area contributed by atoms with Crippen LogP contribution in [-0.4, -0.2) is 20.5 Å². The van der Waals surface area contributed by atoms with Gasteiger partial charge in [-0.15, -0.1) is 0 Å². The molecule has 3 rings (SSSR count). The number of rotatable bonds is 2. The Bertz CT molecular complexity index is 836. The first-order valence-electron chi connectivity index (χ1n) is 5.98. The van der Waals surface area contributed by atoms with E-state index in [2.05, 4.69) is 10.2 Å². The number of aromatic nitrogens is 3. The van der Waals surface area contributed by atoms with Gasteiger partial charge in [0.2, 0.25) is 0 Å². The first-order chi connectivity index (χ1) is 9.09. The SMILES string of the molecule is CC(=O)c1cn(-c2c(C)[nH][nH]c2=O)c2ccccc12. The lowest BCUT2D eigenvalue weighted by atomic mass is 10.1. The topological polar surface area (TPSA) is 70.7 Å². The van der Waals surface area contributed by atoms with Crippen molar-refractivity contribution in [1.29, 1.82) is 0 Å². The van der Waals surface area contributed by atoms with Gasteiger partial charge in [-0.2, -0.15) is 0 Å². The molecule has 0 aliphatic heterocycles. The lowest BCUT2D eigenvalue weighted by molar-refractivity contribution is 0.101. The second-order valence-electron chi connectivity index (χ2n) is 4.54. The number of Topliss-reactive ketones (excluding diaryl/α,β-unsaturated/α-hetero) is 1. The minimum atomic E-state index is -0.201. The molecule has 1 aromatic carbocycles. The zero-order valence-electron chi connectivity index (χ0n) is 10.7. The number of carbonyl (C=O) groups excluding carboxylic acids is 1. The molecule has 0 amide bonds. The molecule has 2 heterocycles. The molecule has 0 aliphatic rings. The van der Waals surface area contributed by atoms with Crippen LogP contribution in [0.4, 0.5) is 0 Å². The molecule has 5 heteroatoms. The van der Waals surface area contributed by atoms with Crippen LogP contribution in [0.25, 0.3) is 16.6 Å². The second kappa shape index (κ2) is 3.98. The Morgan fingerprint density at radius 2 is 1.95 bits per heavy atom. The lowest BCUT2D eigenvalue weighted by Crippen LogP contribution is -2.08. The number of para-hydroxylation sites is 1. The fourth-order valence-electron chi connectivity index (χ4n) is 2.37. The number of benzene rings is 1. The van der Waals surface area contributed by atoms with Crippen LogP contribution in [0.15, 0.2) is 35.3 Å². The van der Waals surface area contributed by atoms with Crippen LogP contribution in [0.5, 0.6) is 0 Å². The van der Waals surface area contributed by atoms with Gasteiger partial charge in [-0.1, -0.05) is 18.2 Å². The molecule has 0 fully saturated rings. The van der Waals surface area contributed by atoms with Gasteiger partial charge >= 0.3 is 0 Å². The van der Waals surface area contributed by atoms with Crippen LogP contribution in [0.2, 0.25) is 0 Å². The Kier molecular flexibility index (Phi) is 2.41. The van der Waals surface area contributed by atoms with Crippen molar-refractivity contribution in [3.05, 3.63) is 52.1 Å². The molecular formula is C14H13N3O2. The van der Waals surface area contributed by atoms with Crippen LogP contribution in [0.1, 0.15) is 23.0 Å². The molecule has 2 N–H and O–H groups in total. The number of hydrogen-bond donors (Lipinski definition) is 2. The average Bonchev–Trinajstić information content (AvgIpc) is 2.91. The number of ketones is 1. The molecule has 5 nitrogen and oxygen atoms in total. The molecular weight excluding hydrogens is 242 g/mol. The lowest BCUT2D eigenvalue weighted by Gasteiger charge is -2.01. The van der Waals surface area contributed by atoms with E-state index >= 15 is 0 Å². The molecule has 0 bridgehead atoms. The maximum Gasteiger partial charge on any atom is 0.288 e. The molecule has 0 radical (unpaired) electrons. The highest BCUT2D eigenvalue weighted by Gasteiger charge is 2.16. The minimum Gasteiger partial charge on any atom is -0.309 e. The van der Waals surface area contributed by atoms with Crippen molar-refractivity contribution in [2.24, 2.45) is 0 Å². The Hall–Kier alpha value is -2.56. The van der Waals surface area contributed by atoms with Crippen LogP contribution < -0.4 is 5.56 Å². The Morgan fingerprint density at radius 3 is 2.58 bits per heavy atom. The zero-order chi connectivity index (χ0) is 13.6. The summed E-state index contributed by atoms with van der Waals surface area (Å²) in [6.07, 6.45) is 1.72. The first kappa shape index (κ1) is 11.5. The average molecular weight is 255 g/mol. The molecule has 0 spiro atoms. The first-order valence-corrected chi connectivity index (χ1v) is 5.98. The number of aromatic amines is 2. The maximum atomic E-state index is 11.9. The summed E-state index contributed by atoms with van der Waals surface area (Å²) < 4.78 is 1.76. The van der Waals surface area contributed by atoms with Gasteiger partial charge in [-0.25, -0.2) is 0 Å². The highest BCUT2D eigenvalue weighted by atomic mass is 16.1. The van der Waals surface area contributed by atoms with E-state index in [0.717, 1.165) is 16.6 Å². The number of carbonyl (C=O) groups is 1. The number of hydrogen-bond acceptors (Lipinski definition) is 2. The summed E-state index contributed by atoms with van der Waals surface area (Å²) in [4.78, 5) is 23.6. The van der Waals surface area contributed by atoms with E-state index in [4.69, 9.17) is 0 Å². The maximum absolute atomic E-state index is 11.9. The summed E-state index contributed by atoms with van der Waals surface area (Å²) in [5.41, 5.74) is 2.52. The molecule has 0 unspecified atom stereocenters. The zero-order valence-corrected chi connectivity index (χ0v) is 10.7. The van der Waals surface area contributed by atoms with Crippen LogP contribution in [0.3, 0.4) is 0 Å². The number of aryl methyl sites for hydroxylation is 1. The molecule has 96 valence electrons. The molecule has 0 saturated carbocycles. The summed E-state index contributed by atoms with van der Waals surface area (Å²) in [7, 11) is 0. The van der Waals surface area contributed by atoms with Gasteiger partial charge < -0.3 is 9.67 Å².